The monoisotopic (exact) mass is 824 g/mol. The maximum atomic E-state index is 13.4. The first kappa shape index (κ1) is 50.4. The van der Waals surface area contributed by atoms with Crippen LogP contribution in [0.15, 0.2) is 0 Å². The quantitative estimate of drug-likeness (QED) is 0.0715. The largest absolute Gasteiger partial charge is 0.460 e. The molecular weight excluding hydrogens is 806 g/mol. The number of hydrogen-bond donors (Lipinski definition) is 0. The maximum Gasteiger partial charge on any atom is 0.460 e. The van der Waals surface area contributed by atoms with Crippen LogP contribution in [0.3, 0.4) is 0 Å². The normalized spacial score (nSPS) is 15.3. The van der Waals surface area contributed by atoms with Gasteiger partial charge in [0.25, 0.3) is 0 Å². The lowest BCUT2D eigenvalue weighted by Gasteiger charge is -2.39. The zero-order chi connectivity index (χ0) is 42.1. The predicted octanol–water partition coefficient (Wildman–Crippen LogP) is 10.9. The smallest absolute Gasteiger partial charge is 0.384 e. The highest BCUT2D eigenvalue weighted by Gasteiger charge is 2.94. The van der Waals surface area contributed by atoms with Gasteiger partial charge in [0.05, 0.1) is 0 Å². The summed E-state index contributed by atoms with van der Waals surface area (Å²) in [7, 11) is 0. The Kier molecular flexibility index (Phi) is 14.8. The van der Waals surface area contributed by atoms with Crippen molar-refractivity contribution < 1.29 is 128 Å². The summed E-state index contributed by atoms with van der Waals surface area (Å²) >= 11 is 0. The van der Waals surface area contributed by atoms with Gasteiger partial charge in [0.15, 0.2) is 0 Å². The summed E-state index contributed by atoms with van der Waals surface area (Å²) in [4.78, 5) is 21.6. The maximum absolute atomic E-state index is 13.4. The SMILES string of the molecule is CCCCCCCC.O=C(OC(=O)C(F)(F)C(F)(F)C(F)(F)C(F)(F)C(F)(F)C(F)(F)F)C(F)(F)C(F)(F)C(F)(F)C(F)(F)C(F)(F)C(F)(F)F. The van der Waals surface area contributed by atoms with Gasteiger partial charge in [-0.1, -0.05) is 52.4 Å². The van der Waals surface area contributed by atoms with Crippen LogP contribution in [-0.4, -0.2) is 83.5 Å². The van der Waals surface area contributed by atoms with Crippen molar-refractivity contribution >= 4 is 11.9 Å². The number of alkyl halides is 26. The Hall–Kier alpha value is -2.68. The van der Waals surface area contributed by atoms with E-state index in [-0.39, 0.29) is 0 Å². The Labute approximate surface area is 265 Å². The fourth-order valence-electron chi connectivity index (χ4n) is 2.86. The Morgan fingerprint density at radius 2 is 0.529 bits per heavy atom. The fraction of sp³-hybridized carbons (Fsp3) is 0.909. The summed E-state index contributed by atoms with van der Waals surface area (Å²) in [5.41, 5.74) is 0. The van der Waals surface area contributed by atoms with E-state index >= 15 is 0 Å². The number of hydrogen-bond acceptors (Lipinski definition) is 3. The first-order chi connectivity index (χ1) is 22.0. The van der Waals surface area contributed by atoms with Crippen LogP contribution in [0.5, 0.6) is 0 Å². The van der Waals surface area contributed by atoms with Gasteiger partial charge in [-0.2, -0.15) is 114 Å². The summed E-state index contributed by atoms with van der Waals surface area (Å²) in [6.45, 7) is 4.51. The summed E-state index contributed by atoms with van der Waals surface area (Å²) in [5.74, 6) is -97.7. The molecule has 0 unspecified atom stereocenters. The van der Waals surface area contributed by atoms with Crippen molar-refractivity contribution in [2.24, 2.45) is 0 Å². The second-order valence-corrected chi connectivity index (χ2v) is 9.83. The van der Waals surface area contributed by atoms with Gasteiger partial charge in [0, 0.05) is 0 Å². The number of esters is 2. The van der Waals surface area contributed by atoms with Crippen LogP contribution >= 0.6 is 0 Å². The molecule has 0 amide bonds. The number of ether oxygens (including phenoxy) is 1. The molecule has 0 aliphatic rings. The molecule has 0 aliphatic carbocycles. The van der Waals surface area contributed by atoms with Crippen molar-refractivity contribution in [1.29, 1.82) is 0 Å². The van der Waals surface area contributed by atoms with Crippen LogP contribution < -0.4 is 0 Å². The molecule has 0 radical (unpaired) electrons. The van der Waals surface area contributed by atoms with E-state index in [1.54, 1.807) is 4.74 Å². The molecule has 0 fully saturated rings. The van der Waals surface area contributed by atoms with E-state index in [1.165, 1.54) is 38.5 Å². The van der Waals surface area contributed by atoms with Crippen LogP contribution in [0.25, 0.3) is 0 Å². The van der Waals surface area contributed by atoms with Gasteiger partial charge in [0.1, 0.15) is 0 Å². The second kappa shape index (κ2) is 15.0. The standard InChI is InChI=1S/C14F26O3.C8H18/c15-3(16,5(19,20)7(23,24)9(27,28)11(31,32)13(35,36)37)1(41)43-2(42)4(17,18)6(21,22)8(25,26)10(29,30)12(33,34)14(38,39)40;1-3-5-7-8-6-4-2/h;3-8H2,1-2H3. The number of rotatable bonds is 15. The summed E-state index contributed by atoms with van der Waals surface area (Å²) in [6.07, 6.45) is -7.58. The van der Waals surface area contributed by atoms with Gasteiger partial charge in [-0.15, -0.1) is 0 Å². The highest BCUT2D eigenvalue weighted by Crippen LogP contribution is 2.62. The predicted molar refractivity (Wildman–Crippen MR) is 112 cm³/mol. The molecule has 0 saturated heterocycles. The van der Waals surface area contributed by atoms with Crippen LogP contribution in [0.2, 0.25) is 0 Å². The van der Waals surface area contributed by atoms with Gasteiger partial charge in [-0.25, -0.2) is 9.59 Å². The summed E-state index contributed by atoms with van der Waals surface area (Å²) in [5, 5.41) is 0. The molecule has 0 aromatic rings. The van der Waals surface area contributed by atoms with Gasteiger partial charge in [0.2, 0.25) is 0 Å². The molecule has 0 bridgehead atoms. The Bertz CT molecular complexity index is 1090. The van der Waals surface area contributed by atoms with Crippen molar-refractivity contribution in [2.45, 2.75) is 124 Å². The van der Waals surface area contributed by atoms with Gasteiger partial charge >= 0.3 is 83.5 Å². The van der Waals surface area contributed by atoms with Crippen molar-refractivity contribution in [3.05, 3.63) is 0 Å². The van der Waals surface area contributed by atoms with E-state index in [1.807, 2.05) is 0 Å². The molecule has 0 heterocycles. The van der Waals surface area contributed by atoms with Crippen molar-refractivity contribution in [1.82, 2.24) is 0 Å². The molecular formula is C22H18F26O3. The molecule has 0 spiro atoms. The Balaban J connectivity index is 0. The number of halogens is 26. The molecule has 29 heteroatoms. The Morgan fingerprint density at radius 1 is 0.333 bits per heavy atom. The third-order valence-corrected chi connectivity index (χ3v) is 6.02. The molecule has 3 nitrogen and oxygen atoms in total. The highest BCUT2D eigenvalue weighted by atomic mass is 19.4. The van der Waals surface area contributed by atoms with E-state index in [4.69, 9.17) is 0 Å². The molecule has 0 aliphatic heterocycles. The second-order valence-electron chi connectivity index (χ2n) is 9.83. The average molecular weight is 824 g/mol. The highest BCUT2D eigenvalue weighted by molar-refractivity contribution is 5.93. The van der Waals surface area contributed by atoms with E-state index < -0.39 is 83.5 Å². The zero-order valence-corrected chi connectivity index (χ0v) is 24.3. The zero-order valence-electron chi connectivity index (χ0n) is 24.3. The number of unbranched alkanes of at least 4 members (excludes halogenated alkanes) is 5. The van der Waals surface area contributed by atoms with Crippen LogP contribution in [0.4, 0.5) is 114 Å². The van der Waals surface area contributed by atoms with Crippen LogP contribution in [0.1, 0.15) is 52.4 Å². The molecule has 0 aromatic heterocycles. The minimum absolute atomic E-state index is 1.36. The first-order valence-electron chi connectivity index (χ1n) is 12.6. The summed E-state index contributed by atoms with van der Waals surface area (Å²) in [6, 6.07) is 0. The molecule has 306 valence electrons. The molecule has 0 saturated carbocycles. The molecule has 0 atom stereocenters. The van der Waals surface area contributed by atoms with Crippen molar-refractivity contribution in [2.75, 3.05) is 0 Å². The van der Waals surface area contributed by atoms with Gasteiger partial charge in [-0.05, 0) is 0 Å². The minimum atomic E-state index is -8.94. The average Bonchev–Trinajstić information content (AvgIpc) is 2.93. The lowest BCUT2D eigenvalue weighted by molar-refractivity contribution is -0.438. The third kappa shape index (κ3) is 8.28. The van der Waals surface area contributed by atoms with Gasteiger partial charge < -0.3 is 4.74 Å². The first-order valence-corrected chi connectivity index (χ1v) is 12.6. The minimum Gasteiger partial charge on any atom is -0.384 e. The third-order valence-electron chi connectivity index (χ3n) is 6.02. The lowest BCUT2D eigenvalue weighted by Crippen LogP contribution is -2.72. The number of carbonyl (C=O) groups is 2. The topological polar surface area (TPSA) is 43.4 Å². The molecule has 0 rings (SSSR count). The molecule has 51 heavy (non-hydrogen) atoms. The van der Waals surface area contributed by atoms with Crippen molar-refractivity contribution in [3.8, 4) is 0 Å². The van der Waals surface area contributed by atoms with Crippen molar-refractivity contribution in [3.63, 3.8) is 0 Å². The van der Waals surface area contributed by atoms with E-state index in [9.17, 15) is 124 Å². The lowest BCUT2D eigenvalue weighted by atomic mass is 9.93. The molecule has 0 aromatic carbocycles. The number of carbonyl (C=O) groups excluding carboxylic acids is 2. The van der Waals surface area contributed by atoms with Gasteiger partial charge in [-0.3, -0.25) is 0 Å². The van der Waals surface area contributed by atoms with E-state index in [2.05, 4.69) is 13.8 Å². The fourth-order valence-corrected chi connectivity index (χ4v) is 2.86. The van der Waals surface area contributed by atoms with Crippen LogP contribution in [0, 0.1) is 0 Å². The van der Waals surface area contributed by atoms with Crippen LogP contribution in [-0.2, 0) is 14.3 Å². The van der Waals surface area contributed by atoms with E-state index in [0.717, 1.165) is 0 Å². The Morgan fingerprint density at radius 3 is 0.706 bits per heavy atom. The summed E-state index contributed by atoms with van der Waals surface area (Å²) < 4.78 is 336. The molecule has 0 N–H and O–H groups in total. The van der Waals surface area contributed by atoms with E-state index in [0.29, 0.717) is 0 Å².